The van der Waals surface area contributed by atoms with Crippen LogP contribution in [0.1, 0.15) is 32.6 Å². The lowest BCUT2D eigenvalue weighted by atomic mass is 10.1. The third-order valence-corrected chi connectivity index (χ3v) is 4.61. The van der Waals surface area contributed by atoms with Crippen molar-refractivity contribution < 1.29 is 4.79 Å². The largest absolute Gasteiger partial charge is 0.333 e. The number of hydrogen-bond donors (Lipinski definition) is 2. The van der Waals surface area contributed by atoms with Gasteiger partial charge in [-0.05, 0) is 68.1 Å². The molecule has 6 heteroatoms. The van der Waals surface area contributed by atoms with Gasteiger partial charge in [0.1, 0.15) is 5.56 Å². The summed E-state index contributed by atoms with van der Waals surface area (Å²) in [6.07, 6.45) is 1.16. The molecular formula is C21H21N3O3. The molecule has 0 aliphatic carbocycles. The van der Waals surface area contributed by atoms with Crippen molar-refractivity contribution in [1.29, 1.82) is 0 Å². The number of H-pyrrole nitrogens is 1. The van der Waals surface area contributed by atoms with Crippen molar-refractivity contribution in [1.82, 2.24) is 9.55 Å². The van der Waals surface area contributed by atoms with Crippen LogP contribution in [-0.4, -0.2) is 15.5 Å². The van der Waals surface area contributed by atoms with Gasteiger partial charge in [0.15, 0.2) is 0 Å². The molecule has 0 radical (unpaired) electrons. The lowest BCUT2D eigenvalue weighted by molar-refractivity contribution is 0.102. The van der Waals surface area contributed by atoms with Crippen LogP contribution in [0.25, 0.3) is 5.69 Å². The smallest absolute Gasteiger partial charge is 0.322 e. The predicted molar refractivity (Wildman–Crippen MR) is 106 cm³/mol. The van der Waals surface area contributed by atoms with Crippen LogP contribution >= 0.6 is 0 Å². The minimum absolute atomic E-state index is 0.131. The number of carbonyl (C=O) groups is 1. The Morgan fingerprint density at radius 2 is 1.63 bits per heavy atom. The Labute approximate surface area is 156 Å². The molecule has 0 fully saturated rings. The number of nitrogens with one attached hydrogen (secondary N) is 2. The van der Waals surface area contributed by atoms with Crippen LogP contribution in [0.3, 0.4) is 0 Å². The fraction of sp³-hybridized carbons (Fsp3) is 0.190. The van der Waals surface area contributed by atoms with Gasteiger partial charge in [-0.3, -0.25) is 9.59 Å². The maximum atomic E-state index is 12.9. The van der Waals surface area contributed by atoms with E-state index in [-0.39, 0.29) is 5.56 Å². The quantitative estimate of drug-likeness (QED) is 0.750. The van der Waals surface area contributed by atoms with Gasteiger partial charge in [-0.2, -0.15) is 0 Å². The molecule has 1 heterocycles. The number of carbonyl (C=O) groups excluding carboxylic acids is 1. The topological polar surface area (TPSA) is 84.0 Å². The highest BCUT2D eigenvalue weighted by Gasteiger charge is 2.17. The Morgan fingerprint density at radius 3 is 2.33 bits per heavy atom. The molecule has 0 atom stereocenters. The molecule has 3 aromatic rings. The van der Waals surface area contributed by atoms with Gasteiger partial charge in [0.25, 0.3) is 11.5 Å². The fourth-order valence-electron chi connectivity index (χ4n) is 2.79. The van der Waals surface area contributed by atoms with Crippen molar-refractivity contribution in [3.63, 3.8) is 0 Å². The molecule has 1 amide bonds. The molecule has 2 N–H and O–H groups in total. The van der Waals surface area contributed by atoms with E-state index in [1.165, 1.54) is 0 Å². The molecule has 3 rings (SSSR count). The Balaban J connectivity index is 2.06. The van der Waals surface area contributed by atoms with E-state index in [1.54, 1.807) is 12.1 Å². The molecule has 0 unspecified atom stereocenters. The molecule has 27 heavy (non-hydrogen) atoms. The van der Waals surface area contributed by atoms with Gasteiger partial charge in [0.05, 0.1) is 5.69 Å². The van der Waals surface area contributed by atoms with E-state index in [0.717, 1.165) is 33.0 Å². The zero-order valence-corrected chi connectivity index (χ0v) is 15.7. The Kier molecular flexibility index (Phi) is 4.81. The first-order chi connectivity index (χ1) is 12.8. The van der Waals surface area contributed by atoms with Crippen LogP contribution in [0.15, 0.2) is 52.2 Å². The average Bonchev–Trinajstić information content (AvgIpc) is 2.61. The summed E-state index contributed by atoms with van der Waals surface area (Å²) in [5.74, 6) is -0.567. The van der Waals surface area contributed by atoms with Crippen molar-refractivity contribution in [3.05, 3.63) is 91.3 Å². The molecule has 0 aliphatic heterocycles. The van der Waals surface area contributed by atoms with Gasteiger partial charge in [0, 0.05) is 11.9 Å². The lowest BCUT2D eigenvalue weighted by Gasteiger charge is -2.11. The molecule has 1 aromatic heterocycles. The third kappa shape index (κ3) is 3.60. The highest BCUT2D eigenvalue weighted by molar-refractivity contribution is 6.04. The van der Waals surface area contributed by atoms with Crippen LogP contribution in [0.2, 0.25) is 0 Å². The number of aromatic nitrogens is 2. The molecule has 2 aromatic carbocycles. The van der Waals surface area contributed by atoms with Crippen LogP contribution < -0.4 is 16.6 Å². The van der Waals surface area contributed by atoms with Crippen molar-refractivity contribution in [2.75, 3.05) is 5.32 Å². The van der Waals surface area contributed by atoms with Crippen LogP contribution in [0, 0.1) is 27.7 Å². The summed E-state index contributed by atoms with van der Waals surface area (Å²) in [5.41, 5.74) is 3.54. The Hall–Kier alpha value is -3.41. The highest BCUT2D eigenvalue weighted by Crippen LogP contribution is 2.17. The standard InChI is InChI=1S/C21H21N3O3/c1-12-5-6-14(3)18(9-12)23-19(25)17-11-22-21(27)24(20(17)26)16-8-7-13(2)15(4)10-16/h5-11H,1-4H3,(H,22,27)(H,23,25). The van der Waals surface area contributed by atoms with Crippen LogP contribution in [0.4, 0.5) is 5.69 Å². The van der Waals surface area contributed by atoms with Gasteiger partial charge in [-0.1, -0.05) is 18.2 Å². The van der Waals surface area contributed by atoms with Gasteiger partial charge >= 0.3 is 5.69 Å². The van der Waals surface area contributed by atoms with E-state index in [4.69, 9.17) is 0 Å². The van der Waals surface area contributed by atoms with Crippen LogP contribution in [-0.2, 0) is 0 Å². The summed E-state index contributed by atoms with van der Waals surface area (Å²) in [7, 11) is 0. The minimum Gasteiger partial charge on any atom is -0.322 e. The Morgan fingerprint density at radius 1 is 0.926 bits per heavy atom. The zero-order valence-electron chi connectivity index (χ0n) is 15.7. The summed E-state index contributed by atoms with van der Waals surface area (Å²) in [6, 6.07) is 10.9. The second kappa shape index (κ2) is 7.07. The third-order valence-electron chi connectivity index (χ3n) is 4.61. The summed E-state index contributed by atoms with van der Waals surface area (Å²) in [4.78, 5) is 40.2. The van der Waals surface area contributed by atoms with Crippen molar-refractivity contribution in [3.8, 4) is 5.69 Å². The molecule has 0 bridgehead atoms. The summed E-state index contributed by atoms with van der Waals surface area (Å²) in [5, 5.41) is 2.75. The average molecular weight is 363 g/mol. The summed E-state index contributed by atoms with van der Waals surface area (Å²) >= 11 is 0. The lowest BCUT2D eigenvalue weighted by Crippen LogP contribution is -2.38. The maximum Gasteiger partial charge on any atom is 0.333 e. The monoisotopic (exact) mass is 363 g/mol. The molecule has 138 valence electrons. The van der Waals surface area contributed by atoms with Gasteiger partial charge in [0.2, 0.25) is 0 Å². The highest BCUT2D eigenvalue weighted by atomic mass is 16.2. The van der Waals surface area contributed by atoms with E-state index in [0.29, 0.717) is 11.4 Å². The molecular weight excluding hydrogens is 342 g/mol. The fourth-order valence-corrected chi connectivity index (χ4v) is 2.79. The minimum atomic E-state index is -0.662. The first-order valence-electron chi connectivity index (χ1n) is 8.59. The molecule has 0 saturated heterocycles. The molecule has 0 spiro atoms. The van der Waals surface area contributed by atoms with Crippen molar-refractivity contribution in [2.45, 2.75) is 27.7 Å². The number of hydrogen-bond acceptors (Lipinski definition) is 3. The number of anilines is 1. The first-order valence-corrected chi connectivity index (χ1v) is 8.59. The van der Waals surface area contributed by atoms with Crippen molar-refractivity contribution in [2.24, 2.45) is 0 Å². The normalized spacial score (nSPS) is 10.7. The number of aryl methyl sites for hydroxylation is 4. The van der Waals surface area contributed by atoms with E-state index >= 15 is 0 Å². The van der Waals surface area contributed by atoms with E-state index in [2.05, 4.69) is 10.3 Å². The number of amides is 1. The number of nitrogens with zero attached hydrogens (tertiary/aromatic N) is 1. The second-order valence-electron chi connectivity index (χ2n) is 6.69. The van der Waals surface area contributed by atoms with E-state index in [1.807, 2.05) is 52.0 Å². The van der Waals surface area contributed by atoms with Gasteiger partial charge in [-0.25, -0.2) is 9.36 Å². The summed E-state index contributed by atoms with van der Waals surface area (Å²) < 4.78 is 0.977. The van der Waals surface area contributed by atoms with Gasteiger partial charge < -0.3 is 10.3 Å². The van der Waals surface area contributed by atoms with Gasteiger partial charge in [-0.15, -0.1) is 0 Å². The van der Waals surface area contributed by atoms with E-state index < -0.39 is 17.2 Å². The second-order valence-corrected chi connectivity index (χ2v) is 6.69. The molecule has 6 nitrogen and oxygen atoms in total. The number of rotatable bonds is 3. The van der Waals surface area contributed by atoms with Crippen molar-refractivity contribution >= 4 is 11.6 Å². The van der Waals surface area contributed by atoms with Crippen LogP contribution in [0.5, 0.6) is 0 Å². The maximum absolute atomic E-state index is 12.9. The molecule has 0 saturated carbocycles. The predicted octanol–water partition coefficient (Wildman–Crippen LogP) is 3.01. The number of benzene rings is 2. The Bertz CT molecular complexity index is 1160. The first kappa shape index (κ1) is 18.4. The SMILES string of the molecule is Cc1ccc(C)c(NC(=O)c2c[nH]c(=O)n(-c3ccc(C)c(C)c3)c2=O)c1. The number of aromatic amines is 1. The zero-order chi connectivity index (χ0) is 19.7. The summed E-state index contributed by atoms with van der Waals surface area (Å²) in [6.45, 7) is 7.63. The molecule has 0 aliphatic rings. The van der Waals surface area contributed by atoms with E-state index in [9.17, 15) is 14.4 Å².